The number of nitrogens with zero attached hydrogens (tertiary/aromatic N) is 1. The smallest absolute Gasteiger partial charge is 0.123 e. The van der Waals surface area contributed by atoms with Gasteiger partial charge in [-0.05, 0) is 40.0 Å². The van der Waals surface area contributed by atoms with Crippen LogP contribution in [0.2, 0.25) is 0 Å². The minimum Gasteiger partial charge on any atom is -0.384 e. The number of hydrogen-bond donors (Lipinski definition) is 2. The average Bonchev–Trinajstić information content (AvgIpc) is 2.15. The van der Waals surface area contributed by atoms with E-state index in [-0.39, 0.29) is 5.84 Å². The van der Waals surface area contributed by atoms with Crippen molar-refractivity contribution in [3.8, 4) is 0 Å². The van der Waals surface area contributed by atoms with Gasteiger partial charge in [0, 0.05) is 29.3 Å². The van der Waals surface area contributed by atoms with Gasteiger partial charge in [-0.3, -0.25) is 5.41 Å². The lowest BCUT2D eigenvalue weighted by molar-refractivity contribution is 0.638. The lowest BCUT2D eigenvalue weighted by atomic mass is 10.1. The summed E-state index contributed by atoms with van der Waals surface area (Å²) in [5, 5.41) is 7.40. The van der Waals surface area contributed by atoms with Gasteiger partial charge in [-0.2, -0.15) is 0 Å². The molecule has 0 heterocycles. The molecule has 0 aliphatic rings. The number of amidine groups is 1. The Balaban J connectivity index is 2.92. The van der Waals surface area contributed by atoms with Crippen molar-refractivity contribution in [3.05, 3.63) is 28.2 Å². The van der Waals surface area contributed by atoms with Crippen molar-refractivity contribution < 1.29 is 0 Å². The second kappa shape index (κ2) is 5.34. The molecule has 88 valence electrons. The normalized spacial score (nSPS) is 10.6. The first kappa shape index (κ1) is 13.0. The highest BCUT2D eigenvalue weighted by Crippen LogP contribution is 2.23. The molecule has 0 aromatic heterocycles. The summed E-state index contributed by atoms with van der Waals surface area (Å²) in [6.07, 6.45) is 0. The number of nitrogen functional groups attached to an aromatic ring is 1. The highest BCUT2D eigenvalue weighted by molar-refractivity contribution is 9.10. The van der Waals surface area contributed by atoms with E-state index in [4.69, 9.17) is 11.1 Å². The Morgan fingerprint density at radius 3 is 2.56 bits per heavy atom. The predicted octanol–water partition coefficient (Wildman–Crippen LogP) is 2.83. The molecule has 0 saturated carbocycles. The van der Waals surface area contributed by atoms with Gasteiger partial charge in [-0.25, -0.2) is 0 Å². The largest absolute Gasteiger partial charge is 0.384 e. The van der Waals surface area contributed by atoms with Gasteiger partial charge in [-0.1, -0.05) is 13.8 Å². The fraction of sp³-hybridized carbons (Fsp3) is 0.417. The van der Waals surface area contributed by atoms with E-state index < -0.39 is 0 Å². The molecule has 1 aromatic carbocycles. The van der Waals surface area contributed by atoms with Gasteiger partial charge >= 0.3 is 0 Å². The first-order valence-electron chi connectivity index (χ1n) is 5.27. The maximum Gasteiger partial charge on any atom is 0.123 e. The van der Waals surface area contributed by atoms with Gasteiger partial charge in [0.15, 0.2) is 0 Å². The van der Waals surface area contributed by atoms with Crippen LogP contribution >= 0.6 is 15.9 Å². The second-order valence-corrected chi connectivity index (χ2v) is 5.21. The van der Waals surface area contributed by atoms with Crippen LogP contribution < -0.4 is 10.6 Å². The van der Waals surface area contributed by atoms with E-state index in [1.54, 1.807) is 0 Å². The molecule has 0 unspecified atom stereocenters. The summed E-state index contributed by atoms with van der Waals surface area (Å²) in [6.45, 7) is 5.39. The van der Waals surface area contributed by atoms with Crippen LogP contribution in [0.5, 0.6) is 0 Å². The van der Waals surface area contributed by atoms with Crippen LogP contribution in [0.25, 0.3) is 0 Å². The lowest BCUT2D eigenvalue weighted by Gasteiger charge is -2.22. The summed E-state index contributed by atoms with van der Waals surface area (Å²) in [5.74, 6) is 0.709. The Hall–Kier alpha value is -1.03. The van der Waals surface area contributed by atoms with Crippen molar-refractivity contribution in [2.45, 2.75) is 13.8 Å². The molecule has 0 spiro atoms. The zero-order chi connectivity index (χ0) is 12.3. The van der Waals surface area contributed by atoms with Crippen molar-refractivity contribution in [1.29, 1.82) is 5.41 Å². The molecule has 0 aliphatic carbocycles. The molecular weight excluding hydrogens is 266 g/mol. The predicted molar refractivity (Wildman–Crippen MR) is 73.3 cm³/mol. The van der Waals surface area contributed by atoms with Gasteiger partial charge in [0.1, 0.15) is 5.84 Å². The van der Waals surface area contributed by atoms with Crippen molar-refractivity contribution in [1.82, 2.24) is 0 Å². The van der Waals surface area contributed by atoms with E-state index in [1.165, 1.54) is 0 Å². The maximum atomic E-state index is 7.40. The van der Waals surface area contributed by atoms with E-state index in [9.17, 15) is 0 Å². The van der Waals surface area contributed by atoms with E-state index in [2.05, 4.69) is 41.7 Å². The highest BCUT2D eigenvalue weighted by atomic mass is 79.9. The number of halogens is 1. The molecule has 3 nitrogen and oxygen atoms in total. The summed E-state index contributed by atoms with van der Waals surface area (Å²) < 4.78 is 0.869. The standard InChI is InChI=1S/C12H18BrN3/c1-8(2)7-16(3)9-4-5-10(12(14)15)11(13)6-9/h4-6,8H,7H2,1-3H3,(H3,14,15). The fourth-order valence-corrected chi connectivity index (χ4v) is 2.19. The molecule has 16 heavy (non-hydrogen) atoms. The molecule has 0 aliphatic heterocycles. The third kappa shape index (κ3) is 3.23. The Morgan fingerprint density at radius 1 is 1.50 bits per heavy atom. The molecule has 0 saturated heterocycles. The SMILES string of the molecule is CC(C)CN(C)c1ccc(C(=N)N)c(Br)c1. The van der Waals surface area contributed by atoms with Crippen molar-refractivity contribution >= 4 is 27.5 Å². The second-order valence-electron chi connectivity index (χ2n) is 4.35. The third-order valence-electron chi connectivity index (χ3n) is 2.32. The van der Waals surface area contributed by atoms with Crippen LogP contribution in [0, 0.1) is 11.3 Å². The Morgan fingerprint density at radius 2 is 2.12 bits per heavy atom. The number of nitrogens with one attached hydrogen (secondary N) is 1. The van der Waals surface area contributed by atoms with Crippen molar-refractivity contribution in [3.63, 3.8) is 0 Å². The van der Waals surface area contributed by atoms with E-state index in [0.29, 0.717) is 5.92 Å². The van der Waals surface area contributed by atoms with Crippen LogP contribution in [-0.4, -0.2) is 19.4 Å². The fourth-order valence-electron chi connectivity index (χ4n) is 1.61. The molecule has 1 aromatic rings. The van der Waals surface area contributed by atoms with Crippen LogP contribution in [-0.2, 0) is 0 Å². The number of nitrogens with two attached hydrogens (primary N) is 1. The van der Waals surface area contributed by atoms with E-state index in [0.717, 1.165) is 22.3 Å². The molecule has 0 fully saturated rings. The molecule has 4 heteroatoms. The quantitative estimate of drug-likeness (QED) is 0.660. The van der Waals surface area contributed by atoms with Gasteiger partial charge in [0.05, 0.1) is 0 Å². The van der Waals surface area contributed by atoms with Crippen LogP contribution in [0.3, 0.4) is 0 Å². The number of rotatable bonds is 4. The Kier molecular flexibility index (Phi) is 4.35. The minimum absolute atomic E-state index is 0.0879. The monoisotopic (exact) mass is 283 g/mol. The zero-order valence-electron chi connectivity index (χ0n) is 9.92. The molecule has 0 atom stereocenters. The molecule has 0 radical (unpaired) electrons. The maximum absolute atomic E-state index is 7.40. The topological polar surface area (TPSA) is 53.1 Å². The van der Waals surface area contributed by atoms with Gasteiger partial charge in [0.25, 0.3) is 0 Å². The van der Waals surface area contributed by atoms with E-state index in [1.807, 2.05) is 18.2 Å². The Bertz CT molecular complexity index is 388. The summed E-state index contributed by atoms with van der Waals surface area (Å²) >= 11 is 3.43. The van der Waals surface area contributed by atoms with Crippen molar-refractivity contribution in [2.75, 3.05) is 18.5 Å². The minimum atomic E-state index is 0.0879. The summed E-state index contributed by atoms with van der Waals surface area (Å²) in [6, 6.07) is 5.86. The number of benzene rings is 1. The first-order valence-corrected chi connectivity index (χ1v) is 6.06. The third-order valence-corrected chi connectivity index (χ3v) is 2.98. The van der Waals surface area contributed by atoms with Crippen molar-refractivity contribution in [2.24, 2.45) is 11.7 Å². The zero-order valence-corrected chi connectivity index (χ0v) is 11.5. The van der Waals surface area contributed by atoms with Crippen LogP contribution in [0.4, 0.5) is 5.69 Å². The summed E-state index contributed by atoms with van der Waals surface area (Å²) in [4.78, 5) is 2.19. The van der Waals surface area contributed by atoms with Gasteiger partial charge in [0.2, 0.25) is 0 Å². The molecule has 0 bridgehead atoms. The first-order chi connectivity index (χ1) is 7.41. The molecule has 0 amide bonds. The Labute approximate surface area is 105 Å². The van der Waals surface area contributed by atoms with Crippen LogP contribution in [0.1, 0.15) is 19.4 Å². The molecular formula is C12H18BrN3. The highest BCUT2D eigenvalue weighted by Gasteiger charge is 2.07. The average molecular weight is 284 g/mol. The van der Waals surface area contributed by atoms with E-state index >= 15 is 0 Å². The molecule has 1 rings (SSSR count). The number of hydrogen-bond acceptors (Lipinski definition) is 2. The van der Waals surface area contributed by atoms with Gasteiger partial charge < -0.3 is 10.6 Å². The molecule has 3 N–H and O–H groups in total. The van der Waals surface area contributed by atoms with Gasteiger partial charge in [-0.15, -0.1) is 0 Å². The lowest BCUT2D eigenvalue weighted by Crippen LogP contribution is -2.22. The summed E-state index contributed by atoms with van der Waals surface area (Å²) in [5.41, 5.74) is 7.33. The number of anilines is 1. The summed E-state index contributed by atoms with van der Waals surface area (Å²) in [7, 11) is 2.06. The van der Waals surface area contributed by atoms with Crippen LogP contribution in [0.15, 0.2) is 22.7 Å².